The number of furan rings is 1. The number of rotatable bonds is 7. The number of para-hydroxylation sites is 2. The zero-order valence-electron chi connectivity index (χ0n) is 29.6. The van der Waals surface area contributed by atoms with Crippen LogP contribution < -0.4 is 4.90 Å². The van der Waals surface area contributed by atoms with E-state index in [1.54, 1.807) is 0 Å². The van der Waals surface area contributed by atoms with E-state index in [9.17, 15) is 0 Å². The van der Waals surface area contributed by atoms with Gasteiger partial charge in [0.1, 0.15) is 5.58 Å². The van der Waals surface area contributed by atoms with Crippen molar-refractivity contribution in [2.24, 2.45) is 0 Å². The highest BCUT2D eigenvalue weighted by molar-refractivity contribution is 6.10. The van der Waals surface area contributed by atoms with Gasteiger partial charge in [-0.25, -0.2) is 0 Å². The van der Waals surface area contributed by atoms with E-state index in [2.05, 4.69) is 205 Å². The van der Waals surface area contributed by atoms with E-state index in [0.29, 0.717) is 0 Å². The fourth-order valence-corrected chi connectivity index (χ4v) is 7.87. The van der Waals surface area contributed by atoms with Gasteiger partial charge in [0.15, 0.2) is 5.58 Å². The van der Waals surface area contributed by atoms with Gasteiger partial charge in [0, 0.05) is 22.1 Å². The maximum atomic E-state index is 6.66. The van der Waals surface area contributed by atoms with Crippen LogP contribution in [0.2, 0.25) is 0 Å². The van der Waals surface area contributed by atoms with Crippen molar-refractivity contribution < 1.29 is 4.42 Å². The van der Waals surface area contributed by atoms with Gasteiger partial charge in [-0.05, 0) is 97.7 Å². The fourth-order valence-electron chi connectivity index (χ4n) is 7.87. The molecule has 254 valence electrons. The van der Waals surface area contributed by atoms with Gasteiger partial charge >= 0.3 is 0 Å². The van der Waals surface area contributed by atoms with Gasteiger partial charge in [-0.15, -0.1) is 0 Å². The Balaban J connectivity index is 1.14. The molecule has 0 aliphatic heterocycles. The molecule has 0 radical (unpaired) electrons. The molecular weight excluding hydrogens is 655 g/mol. The lowest BCUT2D eigenvalue weighted by Crippen LogP contribution is -2.10. The summed E-state index contributed by atoms with van der Waals surface area (Å²) in [4.78, 5) is 2.34. The summed E-state index contributed by atoms with van der Waals surface area (Å²) in [6, 6.07) is 75.8. The van der Waals surface area contributed by atoms with Gasteiger partial charge in [-0.1, -0.05) is 170 Å². The minimum atomic E-state index is 0.859. The van der Waals surface area contributed by atoms with Gasteiger partial charge in [0.25, 0.3) is 0 Å². The molecule has 0 amide bonds. The van der Waals surface area contributed by atoms with Gasteiger partial charge in [-0.2, -0.15) is 0 Å². The van der Waals surface area contributed by atoms with Gasteiger partial charge < -0.3 is 9.32 Å². The topological polar surface area (TPSA) is 16.4 Å². The van der Waals surface area contributed by atoms with E-state index < -0.39 is 0 Å². The molecule has 0 aliphatic rings. The van der Waals surface area contributed by atoms with E-state index in [4.69, 9.17) is 4.42 Å². The molecular formula is C52H35NO. The number of fused-ring (bicyclic) bond motifs is 4. The van der Waals surface area contributed by atoms with Crippen LogP contribution in [-0.2, 0) is 0 Å². The first-order valence-corrected chi connectivity index (χ1v) is 18.4. The van der Waals surface area contributed by atoms with Crippen LogP contribution in [0.25, 0.3) is 77.2 Å². The van der Waals surface area contributed by atoms with Crippen molar-refractivity contribution in [3.05, 3.63) is 212 Å². The van der Waals surface area contributed by atoms with Crippen LogP contribution in [0.5, 0.6) is 0 Å². The Bertz CT molecular complexity index is 2920. The molecule has 54 heavy (non-hydrogen) atoms. The number of hydrogen-bond acceptors (Lipinski definition) is 2. The highest BCUT2D eigenvalue weighted by atomic mass is 16.3. The molecule has 0 saturated carbocycles. The van der Waals surface area contributed by atoms with E-state index in [0.717, 1.165) is 44.6 Å². The number of nitrogens with zero attached hydrogens (tertiary/aromatic N) is 1. The van der Waals surface area contributed by atoms with Crippen molar-refractivity contribution in [3.8, 4) is 44.5 Å². The average molecular weight is 690 g/mol. The minimum absolute atomic E-state index is 0.859. The van der Waals surface area contributed by atoms with Crippen LogP contribution in [-0.4, -0.2) is 0 Å². The Labute approximate surface area is 314 Å². The van der Waals surface area contributed by atoms with E-state index in [1.165, 1.54) is 49.7 Å². The smallest absolute Gasteiger partial charge is 0.159 e. The highest BCUT2D eigenvalue weighted by Crippen LogP contribution is 2.45. The van der Waals surface area contributed by atoms with Crippen LogP contribution in [0.4, 0.5) is 17.1 Å². The van der Waals surface area contributed by atoms with Crippen molar-refractivity contribution in [3.63, 3.8) is 0 Å². The molecule has 0 spiro atoms. The van der Waals surface area contributed by atoms with Crippen LogP contribution in [0.1, 0.15) is 0 Å². The largest absolute Gasteiger partial charge is 0.454 e. The first-order valence-electron chi connectivity index (χ1n) is 18.4. The normalized spacial score (nSPS) is 11.3. The maximum Gasteiger partial charge on any atom is 0.159 e. The first kappa shape index (κ1) is 31.6. The SMILES string of the molecule is c1ccc(-c2ccc(N(c3ccc(-c4ccccc4-c4ccc5ccccc5c4)cc3)c3cccc4c3oc3ccccc34)cc2-c2ccccc2)cc1. The minimum Gasteiger partial charge on any atom is -0.454 e. The Morgan fingerprint density at radius 3 is 1.65 bits per heavy atom. The molecule has 1 aromatic heterocycles. The molecule has 0 atom stereocenters. The zero-order chi connectivity index (χ0) is 35.8. The molecule has 2 heteroatoms. The summed E-state index contributed by atoms with van der Waals surface area (Å²) in [6.07, 6.45) is 0. The van der Waals surface area contributed by atoms with Crippen molar-refractivity contribution in [1.29, 1.82) is 0 Å². The second-order valence-corrected chi connectivity index (χ2v) is 13.7. The summed E-state index contributed by atoms with van der Waals surface area (Å²) in [5, 5.41) is 4.69. The Kier molecular flexibility index (Phi) is 7.85. The third-order valence-corrected chi connectivity index (χ3v) is 10.5. The van der Waals surface area contributed by atoms with Crippen molar-refractivity contribution in [1.82, 2.24) is 0 Å². The second kappa shape index (κ2) is 13.4. The zero-order valence-corrected chi connectivity index (χ0v) is 29.6. The third-order valence-electron chi connectivity index (χ3n) is 10.5. The predicted molar refractivity (Wildman–Crippen MR) is 228 cm³/mol. The number of anilines is 3. The lowest BCUT2D eigenvalue weighted by atomic mass is 9.93. The lowest BCUT2D eigenvalue weighted by molar-refractivity contribution is 0.669. The van der Waals surface area contributed by atoms with E-state index >= 15 is 0 Å². The predicted octanol–water partition coefficient (Wildman–Crippen LogP) is 14.9. The Morgan fingerprint density at radius 1 is 0.315 bits per heavy atom. The lowest BCUT2D eigenvalue weighted by Gasteiger charge is -2.27. The van der Waals surface area contributed by atoms with Gasteiger partial charge in [0.05, 0.1) is 5.69 Å². The number of hydrogen-bond donors (Lipinski definition) is 0. The standard InChI is InChI=1S/C52H35NO/c1-3-15-37(16-4-1)46-33-32-43(35-49(46)38-17-5-2-6-18-38)53(50-24-13-23-48-47-22-11-12-25-51(47)54-52(48)50)42-30-28-39(29-31-42)44-20-9-10-21-45(44)41-27-26-36-14-7-8-19-40(36)34-41/h1-35H. The molecule has 1 heterocycles. The molecule has 0 aliphatic carbocycles. The van der Waals surface area contributed by atoms with E-state index in [1.807, 2.05) is 12.1 Å². The van der Waals surface area contributed by atoms with Gasteiger partial charge in [-0.3, -0.25) is 0 Å². The summed E-state index contributed by atoms with van der Waals surface area (Å²) in [7, 11) is 0. The Hall–Kier alpha value is -7.16. The molecule has 0 N–H and O–H groups in total. The monoisotopic (exact) mass is 689 g/mol. The van der Waals surface area contributed by atoms with Crippen LogP contribution in [0.15, 0.2) is 217 Å². The van der Waals surface area contributed by atoms with E-state index in [-0.39, 0.29) is 0 Å². The Morgan fingerprint density at radius 2 is 0.870 bits per heavy atom. The highest BCUT2D eigenvalue weighted by Gasteiger charge is 2.21. The summed E-state index contributed by atoms with van der Waals surface area (Å²) in [6.45, 7) is 0. The first-order chi connectivity index (χ1) is 26.8. The molecule has 0 fully saturated rings. The van der Waals surface area contributed by atoms with Crippen LogP contribution in [0, 0.1) is 0 Å². The van der Waals surface area contributed by atoms with Crippen LogP contribution >= 0.6 is 0 Å². The molecule has 2 nitrogen and oxygen atoms in total. The molecule has 10 aromatic rings. The molecule has 0 unspecified atom stereocenters. The summed E-state index contributed by atoms with van der Waals surface area (Å²) in [5.41, 5.74) is 14.3. The summed E-state index contributed by atoms with van der Waals surface area (Å²) >= 11 is 0. The fraction of sp³-hybridized carbons (Fsp3) is 0. The average Bonchev–Trinajstić information content (AvgIpc) is 3.64. The quantitative estimate of drug-likeness (QED) is 0.166. The third kappa shape index (κ3) is 5.62. The summed E-state index contributed by atoms with van der Waals surface area (Å²) in [5.74, 6) is 0. The summed E-state index contributed by atoms with van der Waals surface area (Å²) < 4.78 is 6.66. The van der Waals surface area contributed by atoms with Gasteiger partial charge in [0.2, 0.25) is 0 Å². The van der Waals surface area contributed by atoms with Crippen LogP contribution in [0.3, 0.4) is 0 Å². The molecule has 10 rings (SSSR count). The molecule has 0 saturated heterocycles. The number of benzene rings is 9. The van der Waals surface area contributed by atoms with Crippen molar-refractivity contribution in [2.75, 3.05) is 4.90 Å². The maximum absolute atomic E-state index is 6.66. The molecule has 9 aromatic carbocycles. The molecule has 0 bridgehead atoms. The van der Waals surface area contributed by atoms with Crippen molar-refractivity contribution in [2.45, 2.75) is 0 Å². The van der Waals surface area contributed by atoms with Crippen molar-refractivity contribution >= 4 is 49.8 Å². The second-order valence-electron chi connectivity index (χ2n) is 13.7.